The van der Waals surface area contributed by atoms with Crippen LogP contribution in [0.5, 0.6) is 5.75 Å². The summed E-state index contributed by atoms with van der Waals surface area (Å²) >= 11 is 0. The summed E-state index contributed by atoms with van der Waals surface area (Å²) < 4.78 is 13.6. The average molecular weight is 246 g/mol. The average Bonchev–Trinajstić information content (AvgIpc) is 2.38. The van der Waals surface area contributed by atoms with E-state index in [2.05, 4.69) is 4.98 Å². The Labute approximate surface area is 103 Å². The highest BCUT2D eigenvalue weighted by molar-refractivity contribution is 6.05. The first-order chi connectivity index (χ1) is 8.59. The standard InChI is InChI=1S/C13H11FN2O2/c1-16(9-4-6-15-7-5-9)13(18)11-3-2-10(17)8-12(11)14/h2-8,17H,1H3. The van der Waals surface area contributed by atoms with E-state index in [0.717, 1.165) is 6.07 Å². The fourth-order valence-corrected chi connectivity index (χ4v) is 1.54. The number of phenolic OH excluding ortho intramolecular Hbond substituents is 1. The lowest BCUT2D eigenvalue weighted by Gasteiger charge is -2.17. The number of nitrogens with zero attached hydrogens (tertiary/aromatic N) is 2. The van der Waals surface area contributed by atoms with Crippen molar-refractivity contribution in [3.8, 4) is 5.75 Å². The van der Waals surface area contributed by atoms with E-state index in [1.54, 1.807) is 31.6 Å². The number of hydrogen-bond acceptors (Lipinski definition) is 3. The minimum Gasteiger partial charge on any atom is -0.508 e. The lowest BCUT2D eigenvalue weighted by atomic mass is 10.1. The molecule has 2 rings (SSSR count). The van der Waals surface area contributed by atoms with E-state index in [9.17, 15) is 9.18 Å². The van der Waals surface area contributed by atoms with E-state index in [1.165, 1.54) is 17.0 Å². The lowest BCUT2D eigenvalue weighted by Crippen LogP contribution is -2.27. The molecule has 0 aliphatic rings. The van der Waals surface area contributed by atoms with Crippen LogP contribution in [0.25, 0.3) is 0 Å². The molecule has 0 spiro atoms. The van der Waals surface area contributed by atoms with E-state index < -0.39 is 11.7 Å². The summed E-state index contributed by atoms with van der Waals surface area (Å²) in [6.07, 6.45) is 3.10. The highest BCUT2D eigenvalue weighted by atomic mass is 19.1. The molecule has 18 heavy (non-hydrogen) atoms. The minimum absolute atomic E-state index is 0.0906. The van der Waals surface area contributed by atoms with Crippen molar-refractivity contribution in [1.82, 2.24) is 4.98 Å². The summed E-state index contributed by atoms with van der Waals surface area (Å²) in [5.41, 5.74) is 0.523. The predicted octanol–water partition coefficient (Wildman–Crippen LogP) is 2.20. The Bertz CT molecular complexity index is 572. The predicted molar refractivity (Wildman–Crippen MR) is 65.0 cm³/mol. The molecule has 0 aliphatic carbocycles. The molecule has 0 fully saturated rings. The third kappa shape index (κ3) is 2.29. The van der Waals surface area contributed by atoms with Gasteiger partial charge in [0.25, 0.3) is 5.91 Å². The van der Waals surface area contributed by atoms with E-state index in [4.69, 9.17) is 5.11 Å². The van der Waals surface area contributed by atoms with Gasteiger partial charge in [-0.05, 0) is 24.3 Å². The Balaban J connectivity index is 2.32. The number of halogens is 1. The van der Waals surface area contributed by atoms with Crippen LogP contribution in [-0.2, 0) is 0 Å². The van der Waals surface area contributed by atoms with Gasteiger partial charge in [0.2, 0.25) is 0 Å². The second-order valence-corrected chi connectivity index (χ2v) is 3.73. The van der Waals surface area contributed by atoms with Crippen molar-refractivity contribution < 1.29 is 14.3 Å². The summed E-state index contributed by atoms with van der Waals surface area (Å²) in [6.45, 7) is 0. The Kier molecular flexibility index (Phi) is 3.23. The number of aromatic nitrogens is 1. The molecule has 1 aromatic heterocycles. The zero-order valence-corrected chi connectivity index (χ0v) is 9.67. The van der Waals surface area contributed by atoms with Crippen LogP contribution in [0.2, 0.25) is 0 Å². The zero-order chi connectivity index (χ0) is 13.1. The number of aromatic hydroxyl groups is 1. The molecule has 0 saturated heterocycles. The molecule has 0 bridgehead atoms. The molecule has 0 radical (unpaired) electrons. The summed E-state index contributed by atoms with van der Waals surface area (Å²) in [6, 6.07) is 6.74. The molecule has 2 aromatic rings. The van der Waals surface area contributed by atoms with Crippen LogP contribution in [0.4, 0.5) is 10.1 Å². The van der Waals surface area contributed by atoms with Gasteiger partial charge in [-0.15, -0.1) is 0 Å². The van der Waals surface area contributed by atoms with Crippen molar-refractivity contribution in [3.63, 3.8) is 0 Å². The number of anilines is 1. The second kappa shape index (κ2) is 4.83. The third-order valence-electron chi connectivity index (χ3n) is 2.54. The molecule has 0 atom stereocenters. The highest BCUT2D eigenvalue weighted by Gasteiger charge is 2.17. The fraction of sp³-hybridized carbons (Fsp3) is 0.0769. The van der Waals surface area contributed by atoms with E-state index in [1.807, 2.05) is 0 Å². The molecule has 0 aliphatic heterocycles. The maximum Gasteiger partial charge on any atom is 0.260 e. The Morgan fingerprint density at radius 2 is 1.94 bits per heavy atom. The molecule has 1 heterocycles. The number of carbonyl (C=O) groups excluding carboxylic acids is 1. The van der Waals surface area contributed by atoms with Crippen molar-refractivity contribution in [2.45, 2.75) is 0 Å². The van der Waals surface area contributed by atoms with E-state index >= 15 is 0 Å². The number of amides is 1. The van der Waals surface area contributed by atoms with Crippen molar-refractivity contribution in [2.75, 3.05) is 11.9 Å². The molecule has 1 aromatic carbocycles. The van der Waals surface area contributed by atoms with Gasteiger partial charge < -0.3 is 10.0 Å². The molecule has 1 amide bonds. The maximum atomic E-state index is 13.6. The van der Waals surface area contributed by atoms with Gasteiger partial charge in [0.1, 0.15) is 11.6 Å². The van der Waals surface area contributed by atoms with Gasteiger partial charge in [-0.25, -0.2) is 4.39 Å². The molecular weight excluding hydrogens is 235 g/mol. The van der Waals surface area contributed by atoms with Gasteiger partial charge in [0, 0.05) is 31.2 Å². The minimum atomic E-state index is -0.749. The van der Waals surface area contributed by atoms with Gasteiger partial charge in [-0.3, -0.25) is 9.78 Å². The monoisotopic (exact) mass is 246 g/mol. The molecule has 0 unspecified atom stereocenters. The van der Waals surface area contributed by atoms with Gasteiger partial charge in [-0.2, -0.15) is 0 Å². The topological polar surface area (TPSA) is 53.4 Å². The lowest BCUT2D eigenvalue weighted by molar-refractivity contribution is 0.0989. The Morgan fingerprint density at radius 1 is 1.28 bits per heavy atom. The second-order valence-electron chi connectivity index (χ2n) is 3.73. The van der Waals surface area contributed by atoms with Crippen LogP contribution in [-0.4, -0.2) is 23.0 Å². The largest absolute Gasteiger partial charge is 0.508 e. The summed E-state index contributed by atoms with van der Waals surface area (Å²) in [5, 5.41) is 9.10. The number of phenols is 1. The van der Waals surface area contributed by atoms with E-state index in [-0.39, 0.29) is 11.3 Å². The molecule has 0 saturated carbocycles. The number of rotatable bonds is 2. The number of carbonyl (C=O) groups is 1. The first-order valence-corrected chi connectivity index (χ1v) is 5.26. The van der Waals surface area contributed by atoms with Crippen molar-refractivity contribution in [2.24, 2.45) is 0 Å². The summed E-state index contributed by atoms with van der Waals surface area (Å²) in [4.78, 5) is 17.2. The smallest absolute Gasteiger partial charge is 0.260 e. The molecule has 92 valence electrons. The molecule has 4 nitrogen and oxygen atoms in total. The number of hydrogen-bond donors (Lipinski definition) is 1. The Morgan fingerprint density at radius 3 is 2.56 bits per heavy atom. The molecule has 5 heteroatoms. The SMILES string of the molecule is CN(C(=O)c1ccc(O)cc1F)c1ccncc1. The maximum absolute atomic E-state index is 13.6. The fourth-order valence-electron chi connectivity index (χ4n) is 1.54. The first-order valence-electron chi connectivity index (χ1n) is 5.26. The Hall–Kier alpha value is -2.43. The van der Waals surface area contributed by atoms with Crippen molar-refractivity contribution in [3.05, 3.63) is 54.1 Å². The normalized spacial score (nSPS) is 10.1. The van der Waals surface area contributed by atoms with Crippen LogP contribution in [0.15, 0.2) is 42.7 Å². The third-order valence-corrected chi connectivity index (χ3v) is 2.54. The van der Waals surface area contributed by atoms with Crippen molar-refractivity contribution in [1.29, 1.82) is 0 Å². The molecule has 1 N–H and O–H groups in total. The summed E-state index contributed by atoms with van der Waals surface area (Å²) in [7, 11) is 1.55. The van der Waals surface area contributed by atoms with Crippen LogP contribution < -0.4 is 4.90 Å². The van der Waals surface area contributed by atoms with Crippen LogP contribution >= 0.6 is 0 Å². The van der Waals surface area contributed by atoms with Gasteiger partial charge >= 0.3 is 0 Å². The number of pyridine rings is 1. The zero-order valence-electron chi connectivity index (χ0n) is 9.67. The van der Waals surface area contributed by atoms with Gasteiger partial charge in [-0.1, -0.05) is 0 Å². The van der Waals surface area contributed by atoms with Crippen LogP contribution in [0, 0.1) is 5.82 Å². The van der Waals surface area contributed by atoms with Crippen molar-refractivity contribution >= 4 is 11.6 Å². The molecular formula is C13H11FN2O2. The van der Waals surface area contributed by atoms with Crippen LogP contribution in [0.3, 0.4) is 0 Å². The van der Waals surface area contributed by atoms with Gasteiger partial charge in [0.05, 0.1) is 5.56 Å². The van der Waals surface area contributed by atoms with E-state index in [0.29, 0.717) is 5.69 Å². The summed E-state index contributed by atoms with van der Waals surface area (Å²) in [5.74, 6) is -1.45. The first kappa shape index (κ1) is 12.0. The number of benzene rings is 1. The van der Waals surface area contributed by atoms with Gasteiger partial charge in [0.15, 0.2) is 0 Å². The van der Waals surface area contributed by atoms with Crippen LogP contribution in [0.1, 0.15) is 10.4 Å². The quantitative estimate of drug-likeness (QED) is 0.883. The highest BCUT2D eigenvalue weighted by Crippen LogP contribution is 2.19.